The number of nitrogens with zero attached hydrogens (tertiary/aromatic N) is 3. The summed E-state index contributed by atoms with van der Waals surface area (Å²) in [5.74, 6) is 0.616. The molecular weight excluding hydrogens is 386 g/mol. The molecule has 0 aliphatic carbocycles. The largest absolute Gasteiger partial charge is 0.454 e. The van der Waals surface area contributed by atoms with E-state index in [0.717, 1.165) is 5.56 Å². The third-order valence-electron chi connectivity index (χ3n) is 5.98. The van der Waals surface area contributed by atoms with E-state index in [0.29, 0.717) is 24.3 Å². The molecule has 5 heterocycles. The van der Waals surface area contributed by atoms with E-state index in [1.165, 1.54) is 21.6 Å². The van der Waals surface area contributed by atoms with Crippen LogP contribution in [0.25, 0.3) is 0 Å². The molecule has 1 aromatic rings. The number of rotatable bonds is 2. The average molecular weight is 403 g/mol. The van der Waals surface area contributed by atoms with Crippen LogP contribution in [-0.4, -0.2) is 45.2 Å². The molecule has 4 atom stereocenters. The zero-order valence-corrected chi connectivity index (χ0v) is 16.4. The Morgan fingerprint density at radius 3 is 2.78 bits per heavy atom. The van der Waals surface area contributed by atoms with Crippen molar-refractivity contribution in [1.29, 1.82) is 5.26 Å². The topological polar surface area (TPSA) is 82.9 Å². The molecule has 4 unspecified atom stereocenters. The highest BCUT2D eigenvalue weighted by Crippen LogP contribution is 2.67. The maximum Gasteiger partial charge on any atom is 0.262 e. The molecule has 140 valence electrons. The van der Waals surface area contributed by atoms with Crippen LogP contribution in [0.4, 0.5) is 0 Å². The van der Waals surface area contributed by atoms with Crippen LogP contribution >= 0.6 is 21.6 Å². The van der Waals surface area contributed by atoms with Gasteiger partial charge < -0.3 is 19.3 Å². The Labute approximate surface area is 164 Å². The molecule has 0 saturated carbocycles. The molecule has 5 aliphatic heterocycles. The molecular formula is C18H17N3O4S2. The first-order valence-corrected chi connectivity index (χ1v) is 10.9. The van der Waals surface area contributed by atoms with Crippen molar-refractivity contribution >= 4 is 33.4 Å². The standard InChI is InChI=1S/C18H17N3O4S2/c1-3-17-16(23)21-14(10-4-5-12-13(6-10)25-9-24-12)11(8-19)7-18(21,27-26-17)15(22)20(17)2/h4-6,11,14H,3,7,9H2,1-2H3. The highest BCUT2D eigenvalue weighted by Gasteiger charge is 2.73. The molecule has 4 fully saturated rings. The Balaban J connectivity index is 1.66. The molecule has 9 heteroatoms. The Morgan fingerprint density at radius 2 is 2.04 bits per heavy atom. The van der Waals surface area contributed by atoms with Gasteiger partial charge in [-0.3, -0.25) is 9.59 Å². The van der Waals surface area contributed by atoms with E-state index in [1.54, 1.807) is 22.9 Å². The zero-order valence-electron chi connectivity index (χ0n) is 14.8. The lowest BCUT2D eigenvalue weighted by molar-refractivity contribution is -0.165. The summed E-state index contributed by atoms with van der Waals surface area (Å²) in [5, 5.41) is 9.84. The number of fused-ring (bicyclic) bond motifs is 3. The van der Waals surface area contributed by atoms with Gasteiger partial charge in [0.1, 0.15) is 0 Å². The van der Waals surface area contributed by atoms with Gasteiger partial charge in [-0.2, -0.15) is 5.26 Å². The van der Waals surface area contributed by atoms with Gasteiger partial charge in [-0.25, -0.2) is 0 Å². The monoisotopic (exact) mass is 403 g/mol. The number of benzene rings is 1. The summed E-state index contributed by atoms with van der Waals surface area (Å²) in [6.45, 7) is 2.08. The van der Waals surface area contributed by atoms with Gasteiger partial charge in [0, 0.05) is 13.5 Å². The number of carbonyl (C=O) groups is 2. The van der Waals surface area contributed by atoms with E-state index in [2.05, 4.69) is 6.07 Å². The van der Waals surface area contributed by atoms with Crippen LogP contribution in [0.2, 0.25) is 0 Å². The van der Waals surface area contributed by atoms with Gasteiger partial charge in [-0.05, 0) is 24.1 Å². The van der Waals surface area contributed by atoms with Crippen molar-refractivity contribution in [3.63, 3.8) is 0 Å². The minimum atomic E-state index is -1.02. The van der Waals surface area contributed by atoms with E-state index in [-0.39, 0.29) is 18.6 Å². The Morgan fingerprint density at radius 1 is 1.26 bits per heavy atom. The van der Waals surface area contributed by atoms with Crippen molar-refractivity contribution in [2.75, 3.05) is 13.8 Å². The van der Waals surface area contributed by atoms with Crippen LogP contribution in [0.15, 0.2) is 18.2 Å². The number of hydrogen-bond acceptors (Lipinski definition) is 7. The Hall–Kier alpha value is -2.05. The molecule has 1 aromatic carbocycles. The summed E-state index contributed by atoms with van der Waals surface area (Å²) in [7, 11) is 4.59. The fourth-order valence-corrected chi connectivity index (χ4v) is 8.41. The first-order valence-electron chi connectivity index (χ1n) is 8.76. The van der Waals surface area contributed by atoms with Crippen LogP contribution < -0.4 is 9.47 Å². The van der Waals surface area contributed by atoms with Gasteiger partial charge in [0.2, 0.25) is 6.79 Å². The smallest absolute Gasteiger partial charge is 0.262 e. The van der Waals surface area contributed by atoms with Gasteiger partial charge in [-0.1, -0.05) is 34.6 Å². The molecule has 5 aliphatic rings. The van der Waals surface area contributed by atoms with Crippen LogP contribution in [0.3, 0.4) is 0 Å². The second-order valence-electron chi connectivity index (χ2n) is 7.13. The first-order chi connectivity index (χ1) is 13.0. The predicted octanol–water partition coefficient (Wildman–Crippen LogP) is 2.50. The third kappa shape index (κ3) is 1.90. The van der Waals surface area contributed by atoms with Gasteiger partial charge in [0.25, 0.3) is 11.8 Å². The molecule has 0 N–H and O–H groups in total. The lowest BCUT2D eigenvalue weighted by Gasteiger charge is -2.58. The third-order valence-corrected chi connectivity index (χ3v) is 9.79. The molecule has 1 spiro atoms. The molecule has 6 rings (SSSR count). The molecule has 27 heavy (non-hydrogen) atoms. The molecule has 7 nitrogen and oxygen atoms in total. The predicted molar refractivity (Wildman–Crippen MR) is 99.6 cm³/mol. The van der Waals surface area contributed by atoms with Gasteiger partial charge in [0.05, 0.1) is 18.0 Å². The molecule has 4 saturated heterocycles. The molecule has 2 amide bonds. The van der Waals surface area contributed by atoms with Gasteiger partial charge >= 0.3 is 0 Å². The number of likely N-dealkylation sites (N-methyl/N-ethyl adjacent to an activating group) is 1. The van der Waals surface area contributed by atoms with Crippen LogP contribution in [0, 0.1) is 17.2 Å². The quantitative estimate of drug-likeness (QED) is 0.702. The number of piperazine rings is 1. The lowest BCUT2D eigenvalue weighted by Crippen LogP contribution is -2.74. The molecule has 0 aromatic heterocycles. The summed E-state index contributed by atoms with van der Waals surface area (Å²) < 4.78 is 10.9. The number of nitriles is 1. The number of hydrogen-bond donors (Lipinski definition) is 0. The van der Waals surface area contributed by atoms with Crippen LogP contribution in [0.1, 0.15) is 31.4 Å². The zero-order chi connectivity index (χ0) is 19.0. The number of amides is 2. The fourth-order valence-electron chi connectivity index (χ4n) is 4.53. The maximum absolute atomic E-state index is 13.6. The van der Waals surface area contributed by atoms with Gasteiger partial charge in [0.15, 0.2) is 21.2 Å². The summed E-state index contributed by atoms with van der Waals surface area (Å²) in [5.41, 5.74) is 0.802. The lowest BCUT2D eigenvalue weighted by atomic mass is 9.94. The Kier molecular flexibility index (Phi) is 3.47. The van der Waals surface area contributed by atoms with Crippen molar-refractivity contribution in [2.45, 2.75) is 35.5 Å². The van der Waals surface area contributed by atoms with Crippen LogP contribution in [0.5, 0.6) is 11.5 Å². The number of carbonyl (C=O) groups excluding carboxylic acids is 2. The minimum absolute atomic E-state index is 0.0868. The minimum Gasteiger partial charge on any atom is -0.454 e. The summed E-state index contributed by atoms with van der Waals surface area (Å²) in [6, 6.07) is 7.36. The van der Waals surface area contributed by atoms with E-state index in [9.17, 15) is 14.9 Å². The first kappa shape index (κ1) is 17.1. The highest BCUT2D eigenvalue weighted by atomic mass is 33.1. The normalized spacial score (nSPS) is 36.2. The second-order valence-corrected chi connectivity index (χ2v) is 9.81. The van der Waals surface area contributed by atoms with E-state index >= 15 is 0 Å². The summed E-state index contributed by atoms with van der Waals surface area (Å²) in [6.07, 6.45) is 0.846. The van der Waals surface area contributed by atoms with Crippen LogP contribution in [-0.2, 0) is 9.59 Å². The molecule has 2 bridgehead atoms. The van der Waals surface area contributed by atoms with E-state index < -0.39 is 21.7 Å². The van der Waals surface area contributed by atoms with Crippen molar-refractivity contribution in [3.8, 4) is 17.6 Å². The summed E-state index contributed by atoms with van der Waals surface area (Å²) in [4.78, 5) is 28.2. The van der Waals surface area contributed by atoms with Crippen molar-refractivity contribution in [2.24, 2.45) is 5.92 Å². The highest BCUT2D eigenvalue weighted by molar-refractivity contribution is 8.78. The SMILES string of the molecule is CCC12SSC3(CC(C#N)C(c4ccc5c(c4)OCO5)N3C1=O)C(=O)N2C. The van der Waals surface area contributed by atoms with Crippen molar-refractivity contribution < 1.29 is 19.1 Å². The fraction of sp³-hybridized carbons (Fsp3) is 0.500. The average Bonchev–Trinajstić information content (AvgIpc) is 3.28. The Bertz CT molecular complexity index is 918. The maximum atomic E-state index is 13.6. The van der Waals surface area contributed by atoms with E-state index in [1.807, 2.05) is 19.1 Å². The van der Waals surface area contributed by atoms with E-state index in [4.69, 9.17) is 9.47 Å². The van der Waals surface area contributed by atoms with Crippen molar-refractivity contribution in [3.05, 3.63) is 23.8 Å². The summed E-state index contributed by atoms with van der Waals surface area (Å²) >= 11 is 0. The van der Waals surface area contributed by atoms with Crippen molar-refractivity contribution in [1.82, 2.24) is 9.80 Å². The second kappa shape index (κ2) is 5.49. The molecule has 0 radical (unpaired) electrons. The van der Waals surface area contributed by atoms with Gasteiger partial charge in [-0.15, -0.1) is 0 Å². The number of ether oxygens (including phenoxy) is 2.